The van der Waals surface area contributed by atoms with Crippen molar-refractivity contribution >= 4 is 7.60 Å². The Hall–Kier alpha value is -0.350. The standard InChI is InChI=1S/C19H40NO4P/c1-6-10-12-15-20(5)16-14-18(21)17(13-11-7-2)19(8-3,9-4)25(22,23)24/h21H,6-16H2,1-5H3,(H2,22,23,24). The molecule has 0 aromatic carbocycles. The largest absolute Gasteiger partial charge is 0.512 e. The van der Waals surface area contributed by atoms with Gasteiger partial charge in [-0.1, -0.05) is 47.0 Å². The number of hydrogen-bond acceptors (Lipinski definition) is 3. The molecule has 0 saturated heterocycles. The predicted octanol–water partition coefficient (Wildman–Crippen LogP) is 5.24. The molecule has 0 spiro atoms. The van der Waals surface area contributed by atoms with Crippen LogP contribution in [0.25, 0.3) is 0 Å². The molecule has 5 nitrogen and oxygen atoms in total. The zero-order valence-corrected chi connectivity index (χ0v) is 17.8. The smallest absolute Gasteiger partial charge is 0.335 e. The fraction of sp³-hybridized carbons (Fsp3) is 0.895. The molecule has 0 atom stereocenters. The van der Waals surface area contributed by atoms with Crippen molar-refractivity contribution in [2.45, 2.75) is 90.6 Å². The molecule has 0 aliphatic carbocycles. The Kier molecular flexibility index (Phi) is 11.9. The van der Waals surface area contributed by atoms with Crippen molar-refractivity contribution in [3.8, 4) is 0 Å². The van der Waals surface area contributed by atoms with Gasteiger partial charge in [0.05, 0.1) is 10.9 Å². The van der Waals surface area contributed by atoms with Crippen molar-refractivity contribution in [1.29, 1.82) is 0 Å². The van der Waals surface area contributed by atoms with E-state index >= 15 is 0 Å². The molecule has 0 heterocycles. The van der Waals surface area contributed by atoms with E-state index in [1.54, 1.807) is 13.8 Å². The summed E-state index contributed by atoms with van der Waals surface area (Å²) in [5, 5.41) is 9.50. The summed E-state index contributed by atoms with van der Waals surface area (Å²) in [5.41, 5.74) is 0.578. The van der Waals surface area contributed by atoms with Crippen LogP contribution in [0, 0.1) is 0 Å². The molecule has 0 aliphatic rings. The van der Waals surface area contributed by atoms with E-state index in [1.165, 1.54) is 12.8 Å². The lowest BCUT2D eigenvalue weighted by atomic mass is 9.87. The lowest BCUT2D eigenvalue weighted by Gasteiger charge is -2.36. The first-order valence-corrected chi connectivity index (χ1v) is 11.5. The van der Waals surface area contributed by atoms with Crippen molar-refractivity contribution in [3.63, 3.8) is 0 Å². The third-order valence-electron chi connectivity index (χ3n) is 5.29. The maximum atomic E-state index is 12.3. The number of rotatable bonds is 14. The molecule has 6 heteroatoms. The molecule has 0 saturated carbocycles. The van der Waals surface area contributed by atoms with Gasteiger partial charge in [0, 0.05) is 13.0 Å². The molecule has 0 bridgehead atoms. The van der Waals surface area contributed by atoms with Crippen LogP contribution < -0.4 is 0 Å². The van der Waals surface area contributed by atoms with Crippen LogP contribution in [0.1, 0.15) is 85.5 Å². The fourth-order valence-corrected chi connectivity index (χ4v) is 4.87. The highest BCUT2D eigenvalue weighted by atomic mass is 31.2. The minimum absolute atomic E-state index is 0.183. The van der Waals surface area contributed by atoms with E-state index < -0.39 is 12.8 Å². The molecule has 0 fully saturated rings. The number of aliphatic hydroxyl groups excluding tert-OH is 1. The maximum absolute atomic E-state index is 12.3. The van der Waals surface area contributed by atoms with E-state index in [-0.39, 0.29) is 5.76 Å². The number of hydrogen-bond donors (Lipinski definition) is 3. The van der Waals surface area contributed by atoms with E-state index in [0.717, 1.165) is 25.8 Å². The van der Waals surface area contributed by atoms with Crippen LogP contribution in [-0.2, 0) is 4.57 Å². The Balaban J connectivity index is 5.38. The highest BCUT2D eigenvalue weighted by Crippen LogP contribution is 2.59. The van der Waals surface area contributed by atoms with Gasteiger partial charge in [-0.05, 0) is 51.3 Å². The molecule has 0 amide bonds. The third-order valence-corrected chi connectivity index (χ3v) is 7.31. The molecular formula is C19H40NO4P. The number of unbranched alkanes of at least 4 members (excludes halogenated alkanes) is 3. The molecule has 0 aliphatic heterocycles. The van der Waals surface area contributed by atoms with Crippen molar-refractivity contribution in [3.05, 3.63) is 11.3 Å². The topological polar surface area (TPSA) is 81.0 Å². The van der Waals surface area contributed by atoms with E-state index in [1.807, 2.05) is 14.0 Å². The van der Waals surface area contributed by atoms with Crippen molar-refractivity contribution in [1.82, 2.24) is 4.90 Å². The van der Waals surface area contributed by atoms with E-state index in [4.69, 9.17) is 0 Å². The summed E-state index contributed by atoms with van der Waals surface area (Å²) in [6.45, 7) is 9.52. The van der Waals surface area contributed by atoms with Crippen LogP contribution in [0.3, 0.4) is 0 Å². The number of nitrogens with zero attached hydrogens (tertiary/aromatic N) is 1. The quantitative estimate of drug-likeness (QED) is 0.219. The predicted molar refractivity (Wildman–Crippen MR) is 106 cm³/mol. The highest BCUT2D eigenvalue weighted by Gasteiger charge is 2.47. The Labute approximate surface area is 154 Å². The Morgan fingerprint density at radius 3 is 1.92 bits per heavy atom. The van der Waals surface area contributed by atoms with Crippen molar-refractivity contribution < 1.29 is 19.5 Å². The third kappa shape index (κ3) is 7.42. The molecule has 150 valence electrons. The summed E-state index contributed by atoms with van der Waals surface area (Å²) < 4.78 is 12.3. The van der Waals surface area contributed by atoms with Crippen LogP contribution in [0.4, 0.5) is 0 Å². The van der Waals surface area contributed by atoms with Gasteiger partial charge in [-0.15, -0.1) is 0 Å². The number of aliphatic hydroxyl groups is 1. The Bertz CT molecular complexity index is 441. The van der Waals surface area contributed by atoms with Gasteiger partial charge in [-0.2, -0.15) is 0 Å². The van der Waals surface area contributed by atoms with Gasteiger partial charge in [-0.25, -0.2) is 0 Å². The second-order valence-electron chi connectivity index (χ2n) is 7.07. The van der Waals surface area contributed by atoms with Crippen molar-refractivity contribution in [2.75, 3.05) is 20.1 Å². The van der Waals surface area contributed by atoms with Gasteiger partial charge in [0.1, 0.15) is 0 Å². The SMILES string of the molecule is CCCCCN(C)CCC(O)=C(CCCC)C(CC)(CC)P(=O)(O)O. The van der Waals surface area contributed by atoms with Crippen LogP contribution in [0.2, 0.25) is 0 Å². The summed E-state index contributed by atoms with van der Waals surface area (Å²) >= 11 is 0. The second-order valence-corrected chi connectivity index (χ2v) is 9.02. The molecule has 3 N–H and O–H groups in total. The van der Waals surface area contributed by atoms with Crippen LogP contribution >= 0.6 is 7.60 Å². The average molecular weight is 378 g/mol. The van der Waals surface area contributed by atoms with Gasteiger partial charge in [0.2, 0.25) is 0 Å². The van der Waals surface area contributed by atoms with E-state index in [9.17, 15) is 19.5 Å². The summed E-state index contributed by atoms with van der Waals surface area (Å²) in [5.74, 6) is 0.183. The van der Waals surface area contributed by atoms with Crippen LogP contribution in [0.15, 0.2) is 11.3 Å². The average Bonchev–Trinajstić information content (AvgIpc) is 2.55. The molecule has 0 rings (SSSR count). The maximum Gasteiger partial charge on any atom is 0.335 e. The minimum Gasteiger partial charge on any atom is -0.512 e. The molecule has 0 aromatic heterocycles. The molecule has 25 heavy (non-hydrogen) atoms. The first kappa shape index (κ1) is 24.7. The normalized spacial score (nSPS) is 14.1. The second kappa shape index (κ2) is 12.1. The molecule has 0 aromatic rings. The van der Waals surface area contributed by atoms with Gasteiger partial charge in [0.25, 0.3) is 0 Å². The Morgan fingerprint density at radius 1 is 0.920 bits per heavy atom. The molecular weight excluding hydrogens is 337 g/mol. The summed E-state index contributed by atoms with van der Waals surface area (Å²) in [6, 6.07) is 0. The summed E-state index contributed by atoms with van der Waals surface area (Å²) in [6.07, 6.45) is 6.94. The highest BCUT2D eigenvalue weighted by molar-refractivity contribution is 7.53. The lowest BCUT2D eigenvalue weighted by Crippen LogP contribution is -2.32. The summed E-state index contributed by atoms with van der Waals surface area (Å²) in [4.78, 5) is 22.2. The van der Waals surface area contributed by atoms with Crippen LogP contribution in [-0.4, -0.2) is 45.1 Å². The van der Waals surface area contributed by atoms with E-state index in [0.29, 0.717) is 37.8 Å². The number of allylic oxidation sites excluding steroid dienone is 1. The molecule has 0 unspecified atom stereocenters. The monoisotopic (exact) mass is 377 g/mol. The van der Waals surface area contributed by atoms with Crippen LogP contribution in [0.5, 0.6) is 0 Å². The molecule has 0 radical (unpaired) electrons. The zero-order chi connectivity index (χ0) is 19.5. The van der Waals surface area contributed by atoms with E-state index in [2.05, 4.69) is 11.8 Å². The fourth-order valence-electron chi connectivity index (χ4n) is 3.45. The van der Waals surface area contributed by atoms with Crippen molar-refractivity contribution in [2.24, 2.45) is 0 Å². The van der Waals surface area contributed by atoms with Gasteiger partial charge in [0.15, 0.2) is 0 Å². The first-order valence-electron chi connectivity index (χ1n) is 9.85. The summed E-state index contributed by atoms with van der Waals surface area (Å²) in [7, 11) is -2.33. The van der Waals surface area contributed by atoms with Gasteiger partial charge in [-0.3, -0.25) is 4.57 Å². The lowest BCUT2D eigenvalue weighted by molar-refractivity contribution is 0.284. The minimum atomic E-state index is -4.36. The zero-order valence-electron chi connectivity index (χ0n) is 16.9. The first-order chi connectivity index (χ1) is 11.7. The van der Waals surface area contributed by atoms with Gasteiger partial charge >= 0.3 is 7.60 Å². The van der Waals surface area contributed by atoms with Gasteiger partial charge < -0.3 is 19.8 Å². The Morgan fingerprint density at radius 2 is 1.48 bits per heavy atom.